The molecular weight excluding hydrogens is 478 g/mol. The van der Waals surface area contributed by atoms with Gasteiger partial charge in [-0.3, -0.25) is 4.98 Å². The number of hydrogen-bond acceptors (Lipinski definition) is 4. The van der Waals surface area contributed by atoms with Crippen molar-refractivity contribution in [1.29, 1.82) is 0 Å². The molecule has 2 N–H and O–H groups in total. The van der Waals surface area contributed by atoms with E-state index in [1.807, 2.05) is 48.7 Å². The van der Waals surface area contributed by atoms with E-state index in [4.69, 9.17) is 21.9 Å². The average molecular weight is 512 g/mol. The molecule has 7 heteroatoms. The van der Waals surface area contributed by atoms with Crippen LogP contribution in [0.25, 0.3) is 5.69 Å². The topological polar surface area (TPSA) is 54.4 Å². The number of hydrogen-bond donors (Lipinski definition) is 2. The number of rotatable bonds is 9. The van der Waals surface area contributed by atoms with Crippen molar-refractivity contribution >= 4 is 23.0 Å². The molecule has 0 saturated carbocycles. The van der Waals surface area contributed by atoms with E-state index in [2.05, 4.69) is 70.3 Å². The fraction of sp³-hybridized carbons (Fsp3) is 0.267. The van der Waals surface area contributed by atoms with Gasteiger partial charge < -0.3 is 24.8 Å². The first-order chi connectivity index (χ1) is 18.1. The number of methoxy groups -OCH3 is 1. The van der Waals surface area contributed by atoms with Crippen molar-refractivity contribution in [3.63, 3.8) is 0 Å². The predicted molar refractivity (Wildman–Crippen MR) is 154 cm³/mol. The molecule has 0 bridgehead atoms. The molecule has 0 radical (unpaired) electrons. The van der Waals surface area contributed by atoms with E-state index in [0.717, 1.165) is 47.4 Å². The third kappa shape index (κ3) is 5.18. The molecule has 1 saturated heterocycles. The summed E-state index contributed by atoms with van der Waals surface area (Å²) in [5, 5.41) is 7.88. The van der Waals surface area contributed by atoms with Gasteiger partial charge in [-0.15, -0.1) is 0 Å². The number of anilines is 1. The largest absolute Gasteiger partial charge is 0.497 e. The van der Waals surface area contributed by atoms with Crippen molar-refractivity contribution in [2.45, 2.75) is 32.4 Å². The Morgan fingerprint density at radius 2 is 1.76 bits per heavy atom. The Hall–Kier alpha value is -3.84. The van der Waals surface area contributed by atoms with Gasteiger partial charge in [-0.2, -0.15) is 0 Å². The minimum absolute atomic E-state index is 0.0272. The molecule has 190 valence electrons. The highest BCUT2D eigenvalue weighted by Crippen LogP contribution is 2.41. The Balaban J connectivity index is 1.45. The lowest BCUT2D eigenvalue weighted by atomic mass is 9.96. The molecule has 5 rings (SSSR count). The van der Waals surface area contributed by atoms with Gasteiger partial charge in [0.15, 0.2) is 5.11 Å². The smallest absolute Gasteiger partial charge is 0.170 e. The number of para-hydroxylation sites is 1. The highest BCUT2D eigenvalue weighted by molar-refractivity contribution is 7.80. The average Bonchev–Trinajstić information content (AvgIpc) is 3.42. The van der Waals surface area contributed by atoms with E-state index in [1.54, 1.807) is 7.11 Å². The van der Waals surface area contributed by atoms with Gasteiger partial charge in [0.2, 0.25) is 0 Å². The van der Waals surface area contributed by atoms with Crippen molar-refractivity contribution < 1.29 is 4.74 Å². The van der Waals surface area contributed by atoms with Crippen LogP contribution in [0.15, 0.2) is 85.1 Å². The second-order valence-electron chi connectivity index (χ2n) is 9.33. The lowest BCUT2D eigenvalue weighted by molar-refractivity contribution is 0.315. The van der Waals surface area contributed by atoms with Crippen molar-refractivity contribution in [2.75, 3.05) is 25.5 Å². The molecule has 1 fully saturated rings. The maximum Gasteiger partial charge on any atom is 0.170 e. The molecule has 37 heavy (non-hydrogen) atoms. The summed E-state index contributed by atoms with van der Waals surface area (Å²) in [5.74, 6) is 0.849. The van der Waals surface area contributed by atoms with E-state index in [9.17, 15) is 0 Å². The molecule has 0 unspecified atom stereocenters. The zero-order valence-electron chi connectivity index (χ0n) is 21.5. The number of nitrogens with zero attached hydrogens (tertiary/aromatic N) is 3. The molecule has 4 aromatic rings. The van der Waals surface area contributed by atoms with Crippen LogP contribution in [0, 0.1) is 13.8 Å². The van der Waals surface area contributed by atoms with Crippen molar-refractivity contribution in [3.05, 3.63) is 108 Å². The number of nitrogens with one attached hydrogen (secondary N) is 2. The van der Waals surface area contributed by atoms with Crippen LogP contribution in [0.2, 0.25) is 0 Å². The lowest BCUT2D eigenvalue weighted by Crippen LogP contribution is -2.31. The van der Waals surface area contributed by atoms with Gasteiger partial charge in [-0.1, -0.05) is 24.3 Å². The molecule has 0 spiro atoms. The zero-order valence-corrected chi connectivity index (χ0v) is 22.3. The van der Waals surface area contributed by atoms with Gasteiger partial charge in [-0.05, 0) is 92.6 Å². The number of thiocarbonyl (C=S) groups is 1. The molecule has 6 nitrogen and oxygen atoms in total. The first-order valence-electron chi connectivity index (χ1n) is 12.7. The molecule has 3 heterocycles. The molecule has 0 amide bonds. The van der Waals surface area contributed by atoms with Crippen LogP contribution in [-0.4, -0.2) is 39.8 Å². The summed E-state index contributed by atoms with van der Waals surface area (Å²) in [5.41, 5.74) is 6.88. The summed E-state index contributed by atoms with van der Waals surface area (Å²) in [6.07, 6.45) is 2.81. The number of aryl methyl sites for hydroxylation is 1. The molecule has 1 aliphatic rings. The van der Waals surface area contributed by atoms with Gasteiger partial charge in [0.05, 0.1) is 24.9 Å². The van der Waals surface area contributed by atoms with Gasteiger partial charge in [0.1, 0.15) is 5.75 Å². The maximum absolute atomic E-state index is 5.89. The van der Waals surface area contributed by atoms with Gasteiger partial charge in [0.25, 0.3) is 0 Å². The third-order valence-corrected chi connectivity index (χ3v) is 7.35. The van der Waals surface area contributed by atoms with Crippen LogP contribution in [0.5, 0.6) is 5.75 Å². The predicted octanol–water partition coefficient (Wildman–Crippen LogP) is 5.97. The van der Waals surface area contributed by atoms with E-state index >= 15 is 0 Å². The summed E-state index contributed by atoms with van der Waals surface area (Å²) in [7, 11) is 1.69. The molecule has 2 aromatic carbocycles. The quantitative estimate of drug-likeness (QED) is 0.213. The van der Waals surface area contributed by atoms with Crippen LogP contribution in [0.4, 0.5) is 5.69 Å². The Morgan fingerprint density at radius 1 is 1.00 bits per heavy atom. The Bertz CT molecular complexity index is 1340. The Labute approximate surface area is 224 Å². The fourth-order valence-corrected chi connectivity index (χ4v) is 5.57. The highest BCUT2D eigenvalue weighted by atomic mass is 32.1. The summed E-state index contributed by atoms with van der Waals surface area (Å²) in [6, 6.07) is 26.9. The number of benzene rings is 2. The fourth-order valence-electron chi connectivity index (χ4n) is 5.24. The highest BCUT2D eigenvalue weighted by Gasteiger charge is 2.41. The Morgan fingerprint density at radius 3 is 2.46 bits per heavy atom. The number of pyridine rings is 1. The third-order valence-electron chi connectivity index (χ3n) is 7.00. The van der Waals surface area contributed by atoms with Crippen molar-refractivity contribution in [1.82, 2.24) is 19.8 Å². The minimum Gasteiger partial charge on any atom is -0.497 e. The molecule has 0 aliphatic carbocycles. The second-order valence-corrected chi connectivity index (χ2v) is 9.71. The number of aromatic nitrogens is 2. The van der Waals surface area contributed by atoms with E-state index in [0.29, 0.717) is 0 Å². The zero-order chi connectivity index (χ0) is 25.8. The second kappa shape index (κ2) is 11.0. The van der Waals surface area contributed by atoms with Gasteiger partial charge >= 0.3 is 0 Å². The first kappa shape index (κ1) is 24.8. The van der Waals surface area contributed by atoms with E-state index in [1.165, 1.54) is 17.0 Å². The minimum atomic E-state index is -0.0272. The van der Waals surface area contributed by atoms with Crippen LogP contribution in [0.1, 0.15) is 41.1 Å². The summed E-state index contributed by atoms with van der Waals surface area (Å²) in [6.45, 7) is 6.06. The molecular formula is C30H33N5OS. The standard InChI is InChI=1S/C30H33N5OS/c1-21-20-26(22(2)35(21)24-13-15-25(36-3)16-14-24)29-28(27-12-7-8-17-32-27)33-30(37)34(29)19-9-18-31-23-10-5-4-6-11-23/h4-8,10-17,20,28-29,31H,9,18-19H2,1-3H3,(H,33,37)/t28-,29+/m1/s1. The lowest BCUT2D eigenvalue weighted by Gasteiger charge is -2.28. The first-order valence-corrected chi connectivity index (χ1v) is 13.1. The maximum atomic E-state index is 5.89. The summed E-state index contributed by atoms with van der Waals surface area (Å²) in [4.78, 5) is 7.03. The monoisotopic (exact) mass is 511 g/mol. The van der Waals surface area contributed by atoms with Gasteiger partial charge in [-0.25, -0.2) is 0 Å². The van der Waals surface area contributed by atoms with Crippen molar-refractivity contribution in [2.24, 2.45) is 0 Å². The van der Waals surface area contributed by atoms with Crippen LogP contribution in [-0.2, 0) is 0 Å². The van der Waals surface area contributed by atoms with Crippen molar-refractivity contribution in [3.8, 4) is 11.4 Å². The SMILES string of the molecule is COc1ccc(-n2c(C)cc([C@H]3[C@@H](c4ccccn4)NC(=S)N3CCCNc3ccccc3)c2C)cc1. The van der Waals surface area contributed by atoms with E-state index in [-0.39, 0.29) is 12.1 Å². The van der Waals surface area contributed by atoms with E-state index < -0.39 is 0 Å². The number of ether oxygens (including phenoxy) is 1. The molecule has 2 aromatic heterocycles. The normalized spacial score (nSPS) is 17.1. The van der Waals surface area contributed by atoms with Crippen LogP contribution >= 0.6 is 12.2 Å². The van der Waals surface area contributed by atoms with Crippen LogP contribution < -0.4 is 15.4 Å². The Kier molecular flexibility index (Phi) is 7.42. The summed E-state index contributed by atoms with van der Waals surface area (Å²) < 4.78 is 7.67. The van der Waals surface area contributed by atoms with Gasteiger partial charge in [0, 0.05) is 42.0 Å². The summed E-state index contributed by atoms with van der Waals surface area (Å²) >= 11 is 5.89. The molecule has 1 aliphatic heterocycles. The molecule has 2 atom stereocenters. The van der Waals surface area contributed by atoms with Crippen LogP contribution in [0.3, 0.4) is 0 Å².